The topological polar surface area (TPSA) is 107 Å². The van der Waals surface area contributed by atoms with Crippen LogP contribution < -0.4 is 10.0 Å². The normalized spacial score (nSPS) is 16.6. The van der Waals surface area contributed by atoms with Crippen molar-refractivity contribution in [2.45, 2.75) is 44.3 Å². The number of fused-ring (bicyclic) bond motifs is 1. The Balaban J connectivity index is 1.92. The molecule has 0 bridgehead atoms. The van der Waals surface area contributed by atoms with E-state index in [0.29, 0.717) is 18.2 Å². The lowest BCUT2D eigenvalue weighted by Gasteiger charge is -2.20. The zero-order valence-corrected chi connectivity index (χ0v) is 15.6. The Kier molecular flexibility index (Phi) is 5.21. The maximum absolute atomic E-state index is 12.7. The van der Waals surface area contributed by atoms with Crippen LogP contribution in [0.3, 0.4) is 0 Å². The quantitative estimate of drug-likeness (QED) is 0.757. The molecule has 138 valence electrons. The van der Waals surface area contributed by atoms with E-state index in [1.54, 1.807) is 11.6 Å². The van der Waals surface area contributed by atoms with Gasteiger partial charge >= 0.3 is 0 Å². The van der Waals surface area contributed by atoms with E-state index in [0.717, 1.165) is 31.9 Å². The van der Waals surface area contributed by atoms with Crippen LogP contribution in [0.25, 0.3) is 0 Å². The minimum atomic E-state index is -3.72. The molecule has 10 heteroatoms. The fourth-order valence-electron chi connectivity index (χ4n) is 3.00. The zero-order chi connectivity index (χ0) is 18.0. The summed E-state index contributed by atoms with van der Waals surface area (Å²) in [7, 11) is -1.99. The number of nitrogens with zero attached hydrogens (tertiary/aromatic N) is 5. The van der Waals surface area contributed by atoms with Crippen LogP contribution >= 0.6 is 0 Å². The molecule has 0 aromatic carbocycles. The number of nitrogens with one attached hydrogen (secondary N) is 2. The van der Waals surface area contributed by atoms with E-state index in [1.165, 1.54) is 12.5 Å². The first-order chi connectivity index (χ1) is 11.9. The lowest BCUT2D eigenvalue weighted by Crippen LogP contribution is -2.32. The standard InChI is InChI=1S/C15H25N7O2S/c1-11(2)8-12(20-25(23,24)14-9-21(3)10-17-14)15-19-18-13-4-5-16-6-7-22(13)15/h9-12,16,20H,4-8H2,1-3H3/t12-/m0/s1. The molecular weight excluding hydrogens is 342 g/mol. The SMILES string of the molecule is CC(C)C[C@H](NS(=O)(=O)c1cn(C)cn1)c1nnc2n1CCNCC2. The predicted molar refractivity (Wildman–Crippen MR) is 92.3 cm³/mol. The van der Waals surface area contributed by atoms with Crippen molar-refractivity contribution in [3.63, 3.8) is 0 Å². The highest BCUT2D eigenvalue weighted by atomic mass is 32.2. The number of hydrogen-bond donors (Lipinski definition) is 2. The molecular formula is C15H25N7O2S. The Bertz CT molecular complexity index is 825. The smallest absolute Gasteiger partial charge is 0.260 e. The molecule has 0 saturated heterocycles. The molecule has 0 fully saturated rings. The van der Waals surface area contributed by atoms with Crippen LogP contribution in [-0.4, -0.2) is 45.8 Å². The van der Waals surface area contributed by atoms with Crippen LogP contribution in [-0.2, 0) is 30.0 Å². The van der Waals surface area contributed by atoms with Gasteiger partial charge < -0.3 is 14.5 Å². The van der Waals surface area contributed by atoms with Gasteiger partial charge in [0.25, 0.3) is 10.0 Å². The lowest BCUT2D eigenvalue weighted by atomic mass is 10.0. The molecule has 2 aromatic heterocycles. The van der Waals surface area contributed by atoms with Gasteiger partial charge in [0.2, 0.25) is 0 Å². The largest absolute Gasteiger partial charge is 0.339 e. The average molecular weight is 367 g/mol. The summed E-state index contributed by atoms with van der Waals surface area (Å²) in [5.41, 5.74) is 0. The van der Waals surface area contributed by atoms with Crippen molar-refractivity contribution < 1.29 is 8.42 Å². The second-order valence-electron chi connectivity index (χ2n) is 6.81. The van der Waals surface area contributed by atoms with Gasteiger partial charge in [-0.15, -0.1) is 10.2 Å². The summed E-state index contributed by atoms with van der Waals surface area (Å²) in [4.78, 5) is 3.96. The average Bonchev–Trinajstić information content (AvgIpc) is 3.07. The highest BCUT2D eigenvalue weighted by molar-refractivity contribution is 7.89. The van der Waals surface area contributed by atoms with Crippen molar-refractivity contribution in [3.05, 3.63) is 24.2 Å². The van der Waals surface area contributed by atoms with Gasteiger partial charge in [-0.2, -0.15) is 4.72 Å². The van der Waals surface area contributed by atoms with E-state index in [1.807, 2.05) is 4.57 Å². The van der Waals surface area contributed by atoms with Crippen molar-refractivity contribution >= 4 is 10.0 Å². The van der Waals surface area contributed by atoms with Crippen LogP contribution in [0.2, 0.25) is 0 Å². The first-order valence-corrected chi connectivity index (χ1v) is 9.98. The maximum Gasteiger partial charge on any atom is 0.260 e. The molecule has 9 nitrogen and oxygen atoms in total. The third-order valence-corrected chi connectivity index (χ3v) is 5.52. The summed E-state index contributed by atoms with van der Waals surface area (Å²) in [5, 5.41) is 11.9. The summed E-state index contributed by atoms with van der Waals surface area (Å²) in [5.74, 6) is 1.87. The lowest BCUT2D eigenvalue weighted by molar-refractivity contribution is 0.438. The molecule has 0 unspecified atom stereocenters. The van der Waals surface area contributed by atoms with Crippen molar-refractivity contribution in [2.24, 2.45) is 13.0 Å². The minimum Gasteiger partial charge on any atom is -0.339 e. The van der Waals surface area contributed by atoms with Gasteiger partial charge in [-0.25, -0.2) is 13.4 Å². The summed E-state index contributed by atoms with van der Waals surface area (Å²) in [6.45, 7) is 6.52. The minimum absolute atomic E-state index is 0.0148. The third-order valence-electron chi connectivity index (χ3n) is 4.17. The monoisotopic (exact) mass is 367 g/mol. The molecule has 0 radical (unpaired) electrons. The van der Waals surface area contributed by atoms with Crippen molar-refractivity contribution in [2.75, 3.05) is 13.1 Å². The summed E-state index contributed by atoms with van der Waals surface area (Å²) < 4.78 is 31.9. The molecule has 0 aliphatic carbocycles. The van der Waals surface area contributed by atoms with E-state index in [9.17, 15) is 8.42 Å². The molecule has 3 rings (SSSR count). The van der Waals surface area contributed by atoms with Crippen LogP contribution in [0, 0.1) is 5.92 Å². The van der Waals surface area contributed by atoms with Gasteiger partial charge in [-0.1, -0.05) is 13.8 Å². The molecule has 0 spiro atoms. The number of rotatable bonds is 6. The molecule has 2 N–H and O–H groups in total. The number of sulfonamides is 1. The fourth-order valence-corrected chi connectivity index (χ4v) is 4.19. The van der Waals surface area contributed by atoms with Gasteiger partial charge in [0, 0.05) is 39.3 Å². The van der Waals surface area contributed by atoms with E-state index in [-0.39, 0.29) is 5.03 Å². The summed E-state index contributed by atoms with van der Waals surface area (Å²) in [6.07, 6.45) is 4.38. The fraction of sp³-hybridized carbons (Fsp3) is 0.667. The zero-order valence-electron chi connectivity index (χ0n) is 14.8. The second-order valence-corrected chi connectivity index (χ2v) is 8.47. The Morgan fingerprint density at radius 2 is 2.12 bits per heavy atom. The molecule has 25 heavy (non-hydrogen) atoms. The van der Waals surface area contributed by atoms with Crippen LogP contribution in [0.15, 0.2) is 17.6 Å². The number of aryl methyl sites for hydroxylation is 1. The highest BCUT2D eigenvalue weighted by Crippen LogP contribution is 2.23. The van der Waals surface area contributed by atoms with E-state index < -0.39 is 16.1 Å². The Hall–Kier alpha value is -1.78. The first kappa shape index (κ1) is 18.0. The molecule has 0 amide bonds. The van der Waals surface area contributed by atoms with E-state index in [4.69, 9.17) is 0 Å². The molecule has 1 aliphatic rings. The van der Waals surface area contributed by atoms with Gasteiger partial charge in [0.05, 0.1) is 12.4 Å². The van der Waals surface area contributed by atoms with Crippen molar-refractivity contribution in [1.29, 1.82) is 0 Å². The van der Waals surface area contributed by atoms with E-state index in [2.05, 4.69) is 39.1 Å². The van der Waals surface area contributed by atoms with Gasteiger partial charge in [0.15, 0.2) is 10.9 Å². The van der Waals surface area contributed by atoms with Crippen LogP contribution in [0.5, 0.6) is 0 Å². The van der Waals surface area contributed by atoms with Crippen molar-refractivity contribution in [3.8, 4) is 0 Å². The number of hydrogen-bond acceptors (Lipinski definition) is 6. The second kappa shape index (κ2) is 7.22. The third kappa shape index (κ3) is 4.07. The maximum atomic E-state index is 12.7. The van der Waals surface area contributed by atoms with Crippen LogP contribution in [0.1, 0.15) is 38.0 Å². The molecule has 1 aliphatic heterocycles. The Morgan fingerprint density at radius 3 is 2.80 bits per heavy atom. The molecule has 2 aromatic rings. The summed E-state index contributed by atoms with van der Waals surface area (Å²) in [6, 6.07) is -0.439. The van der Waals surface area contributed by atoms with Crippen molar-refractivity contribution in [1.82, 2.24) is 34.4 Å². The number of imidazole rings is 1. The van der Waals surface area contributed by atoms with Gasteiger partial charge in [0.1, 0.15) is 5.82 Å². The van der Waals surface area contributed by atoms with Crippen LogP contribution in [0.4, 0.5) is 0 Å². The molecule has 1 atom stereocenters. The summed E-state index contributed by atoms with van der Waals surface area (Å²) >= 11 is 0. The van der Waals surface area contributed by atoms with Gasteiger partial charge in [-0.05, 0) is 12.3 Å². The predicted octanol–water partition coefficient (Wildman–Crippen LogP) is 0.223. The Morgan fingerprint density at radius 1 is 1.32 bits per heavy atom. The van der Waals surface area contributed by atoms with Gasteiger partial charge in [-0.3, -0.25) is 0 Å². The molecule has 0 saturated carbocycles. The first-order valence-electron chi connectivity index (χ1n) is 8.50. The number of aromatic nitrogens is 5. The highest BCUT2D eigenvalue weighted by Gasteiger charge is 2.29. The Labute approximate surface area is 147 Å². The molecule has 3 heterocycles. The van der Waals surface area contributed by atoms with E-state index >= 15 is 0 Å².